The van der Waals surface area contributed by atoms with Gasteiger partial charge in [0.25, 0.3) is 5.69 Å². The van der Waals surface area contributed by atoms with Gasteiger partial charge in [-0.2, -0.15) is 5.26 Å². The molecule has 2 heterocycles. The molecule has 2 aromatic rings. The zero-order valence-corrected chi connectivity index (χ0v) is 13.1. The number of aromatic amines is 1. The number of non-ortho nitro benzene ring substituents is 1. The van der Waals surface area contributed by atoms with E-state index in [-0.39, 0.29) is 23.1 Å². The predicted molar refractivity (Wildman–Crippen MR) is 85.1 cm³/mol. The SMILES string of the molecule is CC(C)c1[nH]nc2c1C(c1ccc([N+](=O)[O-])cc1)C(C#N)=C(N)O2. The topological polar surface area (TPSA) is 131 Å². The smallest absolute Gasteiger partial charge is 0.269 e. The van der Waals surface area contributed by atoms with Gasteiger partial charge in [0.1, 0.15) is 11.6 Å². The van der Waals surface area contributed by atoms with Crippen LogP contribution in [0.2, 0.25) is 0 Å². The lowest BCUT2D eigenvalue weighted by Crippen LogP contribution is -2.21. The van der Waals surface area contributed by atoms with Gasteiger partial charge in [0.15, 0.2) is 0 Å². The molecule has 3 N–H and O–H groups in total. The Kier molecular flexibility index (Phi) is 3.69. The number of nitrogens with one attached hydrogen (secondary N) is 1. The highest BCUT2D eigenvalue weighted by atomic mass is 16.6. The Hall–Kier alpha value is -3.34. The van der Waals surface area contributed by atoms with Crippen LogP contribution in [0.3, 0.4) is 0 Å². The largest absolute Gasteiger partial charge is 0.420 e. The molecule has 1 aromatic carbocycles. The summed E-state index contributed by atoms with van der Waals surface area (Å²) in [5, 5.41) is 27.4. The maximum atomic E-state index is 10.9. The highest BCUT2D eigenvalue weighted by molar-refractivity contribution is 5.56. The number of ether oxygens (including phenoxy) is 1. The highest BCUT2D eigenvalue weighted by Crippen LogP contribution is 2.44. The molecule has 24 heavy (non-hydrogen) atoms. The molecule has 1 aliphatic heterocycles. The lowest BCUT2D eigenvalue weighted by molar-refractivity contribution is -0.384. The van der Waals surface area contributed by atoms with Gasteiger partial charge in [0.2, 0.25) is 11.8 Å². The van der Waals surface area contributed by atoms with Crippen molar-refractivity contribution in [2.75, 3.05) is 0 Å². The number of hydrogen-bond donors (Lipinski definition) is 2. The predicted octanol–water partition coefficient (Wildman–Crippen LogP) is 2.66. The molecular weight excluding hydrogens is 310 g/mol. The Bertz CT molecular complexity index is 874. The Morgan fingerprint density at radius 3 is 2.62 bits per heavy atom. The molecule has 0 saturated heterocycles. The average molecular weight is 325 g/mol. The van der Waals surface area contributed by atoms with Gasteiger partial charge in [0, 0.05) is 17.8 Å². The summed E-state index contributed by atoms with van der Waals surface area (Å²) < 4.78 is 5.46. The van der Waals surface area contributed by atoms with E-state index in [2.05, 4.69) is 16.3 Å². The second-order valence-corrected chi connectivity index (χ2v) is 5.78. The maximum Gasteiger partial charge on any atom is 0.269 e. The van der Waals surface area contributed by atoms with Crippen molar-refractivity contribution in [2.24, 2.45) is 5.73 Å². The van der Waals surface area contributed by atoms with Crippen molar-refractivity contribution in [3.05, 3.63) is 62.7 Å². The molecule has 0 fully saturated rings. The molecule has 3 rings (SSSR count). The van der Waals surface area contributed by atoms with E-state index in [9.17, 15) is 15.4 Å². The van der Waals surface area contributed by atoms with E-state index in [1.807, 2.05) is 13.8 Å². The first-order valence-electron chi connectivity index (χ1n) is 7.34. The summed E-state index contributed by atoms with van der Waals surface area (Å²) in [6.45, 7) is 3.99. The molecule has 0 spiro atoms. The van der Waals surface area contributed by atoms with E-state index in [0.29, 0.717) is 11.4 Å². The molecule has 8 heteroatoms. The van der Waals surface area contributed by atoms with Crippen LogP contribution in [0, 0.1) is 21.4 Å². The molecule has 1 atom stereocenters. The fourth-order valence-electron chi connectivity index (χ4n) is 2.83. The van der Waals surface area contributed by atoms with Crippen molar-refractivity contribution >= 4 is 5.69 Å². The average Bonchev–Trinajstić information content (AvgIpc) is 2.97. The van der Waals surface area contributed by atoms with Crippen LogP contribution in [0.4, 0.5) is 5.69 Å². The first-order chi connectivity index (χ1) is 11.4. The van der Waals surface area contributed by atoms with Gasteiger partial charge in [-0.05, 0) is 11.5 Å². The number of allylic oxidation sites excluding steroid dienone is 1. The van der Waals surface area contributed by atoms with Crippen molar-refractivity contribution < 1.29 is 9.66 Å². The summed E-state index contributed by atoms with van der Waals surface area (Å²) in [7, 11) is 0. The van der Waals surface area contributed by atoms with Crippen LogP contribution in [0.15, 0.2) is 35.7 Å². The second-order valence-electron chi connectivity index (χ2n) is 5.78. The highest BCUT2D eigenvalue weighted by Gasteiger charge is 2.35. The van der Waals surface area contributed by atoms with Gasteiger partial charge in [-0.3, -0.25) is 15.2 Å². The molecule has 8 nitrogen and oxygen atoms in total. The number of nitriles is 1. The van der Waals surface area contributed by atoms with Crippen LogP contribution >= 0.6 is 0 Å². The minimum absolute atomic E-state index is 0.00448. The van der Waals surface area contributed by atoms with E-state index in [1.54, 1.807) is 12.1 Å². The molecule has 1 aromatic heterocycles. The number of nitrogens with two attached hydrogens (primary N) is 1. The summed E-state index contributed by atoms with van der Waals surface area (Å²) >= 11 is 0. The van der Waals surface area contributed by atoms with Crippen molar-refractivity contribution in [3.8, 4) is 11.9 Å². The van der Waals surface area contributed by atoms with Crippen LogP contribution < -0.4 is 10.5 Å². The molecule has 0 aliphatic carbocycles. The number of rotatable bonds is 3. The number of H-pyrrole nitrogens is 1. The zero-order valence-electron chi connectivity index (χ0n) is 13.1. The Labute approximate surface area is 137 Å². The van der Waals surface area contributed by atoms with Gasteiger partial charge in [-0.1, -0.05) is 26.0 Å². The normalized spacial score (nSPS) is 16.5. The molecule has 1 aliphatic rings. The third-order valence-electron chi connectivity index (χ3n) is 3.98. The zero-order chi connectivity index (χ0) is 17.4. The standard InChI is InChI=1S/C16H15N5O3/c1-8(2)14-13-12(9-3-5-10(6-4-9)21(22)23)11(7-17)15(18)24-16(13)20-19-14/h3-6,8,12H,18H2,1-2H3,(H,19,20). The lowest BCUT2D eigenvalue weighted by atomic mass is 9.82. The van der Waals surface area contributed by atoms with E-state index in [4.69, 9.17) is 10.5 Å². The number of aromatic nitrogens is 2. The number of nitrogens with zero attached hydrogens (tertiary/aromatic N) is 3. The third-order valence-corrected chi connectivity index (χ3v) is 3.98. The summed E-state index contributed by atoms with van der Waals surface area (Å²) in [4.78, 5) is 10.4. The molecule has 0 radical (unpaired) electrons. The van der Waals surface area contributed by atoms with Crippen molar-refractivity contribution in [1.29, 1.82) is 5.26 Å². The van der Waals surface area contributed by atoms with Gasteiger partial charge in [-0.25, -0.2) is 0 Å². The first-order valence-corrected chi connectivity index (χ1v) is 7.34. The molecule has 122 valence electrons. The van der Waals surface area contributed by atoms with E-state index >= 15 is 0 Å². The second kappa shape index (κ2) is 5.70. The maximum absolute atomic E-state index is 10.9. The summed E-state index contributed by atoms with van der Waals surface area (Å²) in [5.74, 6) is -0.0194. The van der Waals surface area contributed by atoms with Gasteiger partial charge in [0.05, 0.1) is 16.4 Å². The lowest BCUT2D eigenvalue weighted by Gasteiger charge is -2.24. The molecule has 0 amide bonds. The van der Waals surface area contributed by atoms with Gasteiger partial charge >= 0.3 is 0 Å². The number of benzene rings is 1. The van der Waals surface area contributed by atoms with E-state index in [0.717, 1.165) is 11.3 Å². The number of hydrogen-bond acceptors (Lipinski definition) is 6. The fraction of sp³-hybridized carbons (Fsp3) is 0.250. The van der Waals surface area contributed by atoms with Gasteiger partial charge < -0.3 is 10.5 Å². The van der Waals surface area contributed by atoms with Crippen molar-refractivity contribution in [2.45, 2.75) is 25.7 Å². The summed E-state index contributed by atoms with van der Waals surface area (Å²) in [6.07, 6.45) is 0. The van der Waals surface area contributed by atoms with Crippen LogP contribution in [-0.4, -0.2) is 15.1 Å². The van der Waals surface area contributed by atoms with Crippen LogP contribution in [-0.2, 0) is 0 Å². The van der Waals surface area contributed by atoms with Crippen LogP contribution in [0.5, 0.6) is 5.88 Å². The Balaban J connectivity index is 2.19. The fourth-order valence-corrected chi connectivity index (χ4v) is 2.83. The number of fused-ring (bicyclic) bond motifs is 1. The quantitative estimate of drug-likeness (QED) is 0.658. The molecule has 0 saturated carbocycles. The molecule has 1 unspecified atom stereocenters. The van der Waals surface area contributed by atoms with E-state index < -0.39 is 10.8 Å². The summed E-state index contributed by atoms with van der Waals surface area (Å²) in [6, 6.07) is 8.15. The number of nitro groups is 1. The molecular formula is C16H15N5O3. The van der Waals surface area contributed by atoms with Gasteiger partial charge in [-0.15, -0.1) is 5.10 Å². The first kappa shape index (κ1) is 15.6. The Morgan fingerprint density at radius 1 is 1.42 bits per heavy atom. The third kappa shape index (κ3) is 2.36. The number of nitro benzene ring substituents is 1. The Morgan fingerprint density at radius 2 is 2.08 bits per heavy atom. The van der Waals surface area contributed by atoms with Crippen molar-refractivity contribution in [3.63, 3.8) is 0 Å². The van der Waals surface area contributed by atoms with Crippen LogP contribution in [0.1, 0.15) is 42.5 Å². The van der Waals surface area contributed by atoms with Crippen molar-refractivity contribution in [1.82, 2.24) is 10.2 Å². The monoisotopic (exact) mass is 325 g/mol. The minimum atomic E-state index is -0.476. The summed E-state index contributed by atoms with van der Waals surface area (Å²) in [5.41, 5.74) is 8.41. The van der Waals surface area contributed by atoms with E-state index in [1.165, 1.54) is 12.1 Å². The van der Waals surface area contributed by atoms with Crippen LogP contribution in [0.25, 0.3) is 0 Å². The minimum Gasteiger partial charge on any atom is -0.420 e. The molecule has 0 bridgehead atoms.